The lowest BCUT2D eigenvalue weighted by molar-refractivity contribution is -0.157. The molecule has 1 aromatic rings. The smallest absolute Gasteiger partial charge is 0.349 e. The molecule has 0 N–H and O–H groups in total. The van der Waals surface area contributed by atoms with E-state index in [9.17, 15) is 14.9 Å². The van der Waals surface area contributed by atoms with E-state index in [-0.39, 0.29) is 12.2 Å². The van der Waals surface area contributed by atoms with Crippen molar-refractivity contribution in [1.82, 2.24) is 4.57 Å². The van der Waals surface area contributed by atoms with Crippen LogP contribution in [0.4, 0.5) is 0 Å². The van der Waals surface area contributed by atoms with E-state index in [1.165, 1.54) is 6.08 Å². The number of methoxy groups -OCH3 is 1. The molecule has 128 valence electrons. The fourth-order valence-electron chi connectivity index (χ4n) is 2.57. The molecule has 2 rings (SSSR count). The van der Waals surface area contributed by atoms with Gasteiger partial charge in [0.25, 0.3) is 0 Å². The lowest BCUT2D eigenvalue weighted by atomic mass is 10.1. The van der Waals surface area contributed by atoms with Crippen LogP contribution in [0.2, 0.25) is 0 Å². The molecule has 1 aliphatic rings. The van der Waals surface area contributed by atoms with Crippen LogP contribution in [-0.4, -0.2) is 42.9 Å². The van der Waals surface area contributed by atoms with Gasteiger partial charge in [-0.1, -0.05) is 0 Å². The number of esters is 2. The highest BCUT2D eigenvalue weighted by atomic mass is 16.6. The third kappa shape index (κ3) is 3.84. The van der Waals surface area contributed by atoms with Crippen molar-refractivity contribution in [3.8, 4) is 6.07 Å². The fourth-order valence-corrected chi connectivity index (χ4v) is 2.57. The van der Waals surface area contributed by atoms with E-state index in [2.05, 4.69) is 0 Å². The van der Waals surface area contributed by atoms with Gasteiger partial charge in [-0.3, -0.25) is 0 Å². The van der Waals surface area contributed by atoms with Crippen LogP contribution in [0.5, 0.6) is 0 Å². The molecule has 2 heterocycles. The van der Waals surface area contributed by atoms with Crippen molar-refractivity contribution < 1.29 is 23.8 Å². The van der Waals surface area contributed by atoms with Gasteiger partial charge in [-0.2, -0.15) is 5.26 Å². The molecule has 7 heteroatoms. The van der Waals surface area contributed by atoms with Gasteiger partial charge in [0.2, 0.25) is 6.10 Å². The lowest BCUT2D eigenvalue weighted by Crippen LogP contribution is -2.23. The number of hydrogen-bond acceptors (Lipinski definition) is 6. The Morgan fingerprint density at radius 1 is 1.54 bits per heavy atom. The molecule has 0 radical (unpaired) electrons. The van der Waals surface area contributed by atoms with Crippen LogP contribution >= 0.6 is 0 Å². The first-order chi connectivity index (χ1) is 11.5. The number of nitrogens with zero attached hydrogens (tertiary/aromatic N) is 2. The summed E-state index contributed by atoms with van der Waals surface area (Å²) in [5, 5.41) is 9.24. The van der Waals surface area contributed by atoms with Crippen molar-refractivity contribution in [2.24, 2.45) is 0 Å². The number of nitriles is 1. The minimum absolute atomic E-state index is 0.151. The summed E-state index contributed by atoms with van der Waals surface area (Å²) >= 11 is 0. The van der Waals surface area contributed by atoms with Gasteiger partial charge in [0.1, 0.15) is 11.6 Å². The van der Waals surface area contributed by atoms with Gasteiger partial charge in [-0.25, -0.2) is 9.59 Å². The minimum Gasteiger partial charge on any atom is -0.463 e. The van der Waals surface area contributed by atoms with Gasteiger partial charge in [-0.05, 0) is 31.6 Å². The van der Waals surface area contributed by atoms with Gasteiger partial charge in [0.15, 0.2) is 0 Å². The quantitative estimate of drug-likeness (QED) is 0.446. The predicted octanol–water partition coefficient (Wildman–Crippen LogP) is 1.52. The Balaban J connectivity index is 2.19. The van der Waals surface area contributed by atoms with Crippen molar-refractivity contribution in [1.29, 1.82) is 5.26 Å². The Morgan fingerprint density at radius 3 is 2.88 bits per heavy atom. The largest absolute Gasteiger partial charge is 0.463 e. The van der Waals surface area contributed by atoms with Crippen LogP contribution in [0.15, 0.2) is 11.6 Å². The number of aryl methyl sites for hydroxylation is 1. The summed E-state index contributed by atoms with van der Waals surface area (Å²) in [6.07, 6.45) is 0.867. The Labute approximate surface area is 140 Å². The lowest BCUT2D eigenvalue weighted by Gasteiger charge is -2.09. The van der Waals surface area contributed by atoms with Crippen molar-refractivity contribution in [2.75, 3.05) is 20.3 Å². The van der Waals surface area contributed by atoms with Gasteiger partial charge in [-0.15, -0.1) is 0 Å². The second-order valence-corrected chi connectivity index (χ2v) is 5.49. The standard InChI is InChI=1S/C17H20N2O5/c1-11-8-13(12(2)19(11)5-7-22-3)9-14(10-18)16(20)24-15-4-6-23-17(15)21/h8-9,15H,4-7H2,1-3H3/b14-9+/t15-/m1/s1. The Morgan fingerprint density at radius 2 is 2.29 bits per heavy atom. The third-order valence-corrected chi connectivity index (χ3v) is 3.91. The van der Waals surface area contributed by atoms with E-state index in [1.54, 1.807) is 7.11 Å². The maximum absolute atomic E-state index is 12.1. The van der Waals surface area contributed by atoms with Crippen LogP contribution in [0.25, 0.3) is 6.08 Å². The first-order valence-electron chi connectivity index (χ1n) is 7.63. The van der Waals surface area contributed by atoms with Crippen molar-refractivity contribution >= 4 is 18.0 Å². The normalized spacial score (nSPS) is 17.5. The first kappa shape index (κ1) is 17.8. The first-order valence-corrected chi connectivity index (χ1v) is 7.63. The highest BCUT2D eigenvalue weighted by Crippen LogP contribution is 2.20. The van der Waals surface area contributed by atoms with Crippen molar-refractivity contribution in [3.63, 3.8) is 0 Å². The van der Waals surface area contributed by atoms with Gasteiger partial charge in [0, 0.05) is 31.5 Å². The summed E-state index contributed by atoms with van der Waals surface area (Å²) in [5.41, 5.74) is 2.53. The number of ether oxygens (including phenoxy) is 3. The van der Waals surface area contributed by atoms with Gasteiger partial charge >= 0.3 is 11.9 Å². The Bertz CT molecular complexity index is 711. The molecule has 1 aliphatic heterocycles. The molecule has 0 aliphatic carbocycles. The van der Waals surface area contributed by atoms with Crippen LogP contribution in [0.3, 0.4) is 0 Å². The van der Waals surface area contributed by atoms with Crippen LogP contribution in [0.1, 0.15) is 23.4 Å². The second kappa shape index (κ2) is 7.79. The summed E-state index contributed by atoms with van der Waals surface area (Å²) in [5.74, 6) is -1.39. The highest BCUT2D eigenvalue weighted by molar-refractivity contribution is 5.99. The topological polar surface area (TPSA) is 90.6 Å². The fraction of sp³-hybridized carbons (Fsp3) is 0.471. The van der Waals surface area contributed by atoms with Crippen molar-refractivity contribution in [3.05, 3.63) is 28.6 Å². The zero-order valence-electron chi connectivity index (χ0n) is 14.0. The van der Waals surface area contributed by atoms with E-state index in [1.807, 2.05) is 30.6 Å². The number of carbonyl (C=O) groups is 2. The molecular weight excluding hydrogens is 312 g/mol. The van der Waals surface area contributed by atoms with Gasteiger partial charge < -0.3 is 18.8 Å². The number of aromatic nitrogens is 1. The second-order valence-electron chi connectivity index (χ2n) is 5.49. The number of rotatable bonds is 6. The van der Waals surface area contributed by atoms with E-state index >= 15 is 0 Å². The average Bonchev–Trinajstić information content (AvgIpc) is 3.07. The summed E-state index contributed by atoms with van der Waals surface area (Å²) < 4.78 is 16.9. The number of cyclic esters (lactones) is 1. The van der Waals surface area contributed by atoms with E-state index in [4.69, 9.17) is 14.2 Å². The maximum Gasteiger partial charge on any atom is 0.349 e. The molecule has 1 fully saturated rings. The molecule has 1 saturated heterocycles. The summed E-state index contributed by atoms with van der Waals surface area (Å²) in [7, 11) is 1.63. The van der Waals surface area contributed by atoms with Gasteiger partial charge in [0.05, 0.1) is 13.2 Å². The van der Waals surface area contributed by atoms with Crippen LogP contribution in [0, 0.1) is 25.2 Å². The van der Waals surface area contributed by atoms with E-state index in [0.29, 0.717) is 19.6 Å². The minimum atomic E-state index is -0.927. The molecular formula is C17H20N2O5. The Kier molecular flexibility index (Phi) is 5.77. The SMILES string of the molecule is COCCn1c(C)cc(/C=C(\C#N)C(=O)O[C@@H]2CCOC2=O)c1C. The monoisotopic (exact) mass is 332 g/mol. The number of carbonyl (C=O) groups excluding carboxylic acids is 2. The molecule has 1 aromatic heterocycles. The third-order valence-electron chi connectivity index (χ3n) is 3.91. The molecule has 0 aromatic carbocycles. The van der Waals surface area contributed by atoms with E-state index < -0.39 is 18.0 Å². The zero-order chi connectivity index (χ0) is 17.7. The van der Waals surface area contributed by atoms with Crippen molar-refractivity contribution in [2.45, 2.75) is 32.9 Å². The zero-order valence-corrected chi connectivity index (χ0v) is 14.0. The van der Waals surface area contributed by atoms with Crippen LogP contribution < -0.4 is 0 Å². The van der Waals surface area contributed by atoms with Crippen LogP contribution in [-0.2, 0) is 30.3 Å². The molecule has 0 spiro atoms. The Hall–Kier alpha value is -2.59. The highest BCUT2D eigenvalue weighted by Gasteiger charge is 2.31. The molecule has 0 saturated carbocycles. The summed E-state index contributed by atoms with van der Waals surface area (Å²) in [6.45, 7) is 5.32. The summed E-state index contributed by atoms with van der Waals surface area (Å²) in [6, 6.07) is 3.73. The molecule has 24 heavy (non-hydrogen) atoms. The number of hydrogen-bond donors (Lipinski definition) is 0. The van der Waals surface area contributed by atoms with E-state index in [0.717, 1.165) is 17.0 Å². The predicted molar refractivity (Wildman–Crippen MR) is 84.8 cm³/mol. The molecule has 1 atom stereocenters. The molecule has 7 nitrogen and oxygen atoms in total. The molecule has 0 unspecified atom stereocenters. The summed E-state index contributed by atoms with van der Waals surface area (Å²) in [4.78, 5) is 23.5. The molecule has 0 amide bonds. The molecule has 0 bridgehead atoms. The maximum atomic E-state index is 12.1. The average molecular weight is 332 g/mol.